The summed E-state index contributed by atoms with van der Waals surface area (Å²) in [5, 5.41) is 18.4. The van der Waals surface area contributed by atoms with E-state index >= 15 is 0 Å². The van der Waals surface area contributed by atoms with E-state index in [-0.39, 0.29) is 17.9 Å². The minimum atomic E-state index is -3.74. The number of sulfonamides is 1. The summed E-state index contributed by atoms with van der Waals surface area (Å²) in [7, 11) is -3.74. The lowest BCUT2D eigenvalue weighted by Crippen LogP contribution is -2.30. The van der Waals surface area contributed by atoms with Crippen molar-refractivity contribution in [1.29, 1.82) is 5.26 Å². The first-order chi connectivity index (χ1) is 14.4. The largest absolute Gasteiger partial charge is 0.338 e. The molecule has 0 saturated carbocycles. The van der Waals surface area contributed by atoms with E-state index in [0.717, 1.165) is 5.56 Å². The van der Waals surface area contributed by atoms with Gasteiger partial charge in [-0.1, -0.05) is 30.3 Å². The minimum Gasteiger partial charge on any atom is -0.338 e. The molecule has 154 valence electrons. The van der Waals surface area contributed by atoms with Crippen LogP contribution >= 0.6 is 0 Å². The van der Waals surface area contributed by atoms with E-state index in [4.69, 9.17) is 5.26 Å². The van der Waals surface area contributed by atoms with Crippen molar-refractivity contribution in [3.8, 4) is 6.07 Å². The molecular formula is C20H20N6O3S. The first kappa shape index (κ1) is 21.2. The van der Waals surface area contributed by atoms with Gasteiger partial charge < -0.3 is 5.32 Å². The van der Waals surface area contributed by atoms with Crippen molar-refractivity contribution in [3.63, 3.8) is 0 Å². The van der Waals surface area contributed by atoms with E-state index in [2.05, 4.69) is 25.2 Å². The van der Waals surface area contributed by atoms with Gasteiger partial charge in [0, 0.05) is 18.5 Å². The van der Waals surface area contributed by atoms with Crippen LogP contribution in [0.3, 0.4) is 0 Å². The lowest BCUT2D eigenvalue weighted by Gasteiger charge is -2.16. The maximum absolute atomic E-state index is 12.8. The maximum atomic E-state index is 12.8. The number of nitrogens with zero attached hydrogens (tertiary/aromatic N) is 3. The molecule has 1 aromatic heterocycles. The Morgan fingerprint density at radius 2 is 1.87 bits per heavy atom. The first-order valence-electron chi connectivity index (χ1n) is 9.12. The molecule has 1 atom stereocenters. The Kier molecular flexibility index (Phi) is 6.56. The minimum absolute atomic E-state index is 0.0150. The Bertz CT molecular complexity index is 1150. The SMILES string of the molecule is Cc1nc(C(NC(=O)c2ccc(S(=O)(=O)NCCC#N)cc2)c2ccccc2)n[nH]1. The molecule has 0 bridgehead atoms. The zero-order valence-electron chi connectivity index (χ0n) is 16.2. The third-order valence-corrected chi connectivity index (χ3v) is 5.71. The van der Waals surface area contributed by atoms with Gasteiger partial charge in [0.1, 0.15) is 11.9 Å². The van der Waals surface area contributed by atoms with Gasteiger partial charge in [-0.2, -0.15) is 10.4 Å². The van der Waals surface area contributed by atoms with Gasteiger partial charge in [-0.3, -0.25) is 9.89 Å². The summed E-state index contributed by atoms with van der Waals surface area (Å²) >= 11 is 0. The number of nitrogens with one attached hydrogen (secondary N) is 3. The van der Waals surface area contributed by atoms with Crippen LogP contribution in [0, 0.1) is 18.3 Å². The number of H-pyrrole nitrogens is 1. The van der Waals surface area contributed by atoms with E-state index in [1.807, 2.05) is 36.4 Å². The Hall–Kier alpha value is -3.55. The number of amides is 1. The topological polar surface area (TPSA) is 141 Å². The van der Waals surface area contributed by atoms with Crippen LogP contribution in [-0.4, -0.2) is 36.1 Å². The van der Waals surface area contributed by atoms with Gasteiger partial charge in [0.15, 0.2) is 5.82 Å². The van der Waals surface area contributed by atoms with E-state index < -0.39 is 22.0 Å². The molecule has 3 N–H and O–H groups in total. The molecule has 2 aromatic carbocycles. The summed E-state index contributed by atoms with van der Waals surface area (Å²) in [5.74, 6) is 0.652. The number of aromatic nitrogens is 3. The average molecular weight is 424 g/mol. The molecule has 3 aromatic rings. The molecule has 0 radical (unpaired) electrons. The molecule has 0 aliphatic rings. The molecule has 0 spiro atoms. The fraction of sp³-hybridized carbons (Fsp3) is 0.200. The van der Waals surface area contributed by atoms with Crippen LogP contribution in [0.25, 0.3) is 0 Å². The van der Waals surface area contributed by atoms with Gasteiger partial charge >= 0.3 is 0 Å². The highest BCUT2D eigenvalue weighted by Gasteiger charge is 2.22. The van der Waals surface area contributed by atoms with Crippen molar-refractivity contribution in [3.05, 3.63) is 77.4 Å². The first-order valence-corrected chi connectivity index (χ1v) is 10.6. The fourth-order valence-corrected chi connectivity index (χ4v) is 3.79. The number of hydrogen-bond acceptors (Lipinski definition) is 6. The number of carbonyl (C=O) groups is 1. The lowest BCUT2D eigenvalue weighted by atomic mass is 10.1. The smallest absolute Gasteiger partial charge is 0.252 e. The summed E-state index contributed by atoms with van der Waals surface area (Å²) in [6.07, 6.45) is 0.0707. The molecule has 30 heavy (non-hydrogen) atoms. The Labute approximate surface area is 174 Å². The molecule has 0 aliphatic carbocycles. The monoisotopic (exact) mass is 424 g/mol. The summed E-state index contributed by atoms with van der Waals surface area (Å²) in [6.45, 7) is 1.79. The Balaban J connectivity index is 1.79. The van der Waals surface area contributed by atoms with Crippen molar-refractivity contribution >= 4 is 15.9 Å². The second-order valence-electron chi connectivity index (χ2n) is 6.43. The molecule has 3 rings (SSSR count). The number of carbonyl (C=O) groups excluding carboxylic acids is 1. The zero-order valence-corrected chi connectivity index (χ0v) is 17.0. The quantitative estimate of drug-likeness (QED) is 0.471. The molecule has 1 heterocycles. The number of aryl methyl sites for hydroxylation is 1. The van der Waals surface area contributed by atoms with E-state index in [1.165, 1.54) is 24.3 Å². The molecule has 9 nitrogen and oxygen atoms in total. The maximum Gasteiger partial charge on any atom is 0.252 e. The van der Waals surface area contributed by atoms with Gasteiger partial charge in [-0.05, 0) is 36.8 Å². The number of benzene rings is 2. The molecular weight excluding hydrogens is 404 g/mol. The van der Waals surface area contributed by atoms with Crippen LogP contribution in [0.2, 0.25) is 0 Å². The third kappa shape index (κ3) is 5.08. The van der Waals surface area contributed by atoms with Crippen LogP contribution in [-0.2, 0) is 10.0 Å². The fourth-order valence-electron chi connectivity index (χ4n) is 2.76. The normalized spacial score (nSPS) is 12.1. The number of hydrogen-bond donors (Lipinski definition) is 3. The summed E-state index contributed by atoms with van der Waals surface area (Å²) in [5.41, 5.74) is 1.10. The van der Waals surface area contributed by atoms with Gasteiger partial charge in [-0.15, -0.1) is 0 Å². The molecule has 10 heteroatoms. The number of aromatic amines is 1. The Morgan fingerprint density at radius 1 is 1.17 bits per heavy atom. The molecule has 1 unspecified atom stereocenters. The predicted molar refractivity (Wildman–Crippen MR) is 109 cm³/mol. The molecule has 1 amide bonds. The summed E-state index contributed by atoms with van der Waals surface area (Å²) in [6, 6.07) is 16.2. The van der Waals surface area contributed by atoms with Crippen molar-refractivity contribution in [1.82, 2.24) is 25.2 Å². The number of nitriles is 1. The predicted octanol–water partition coefficient (Wildman–Crippen LogP) is 1.82. The summed E-state index contributed by atoms with van der Waals surface area (Å²) in [4.78, 5) is 17.1. The van der Waals surface area contributed by atoms with Crippen molar-refractivity contribution in [2.75, 3.05) is 6.54 Å². The second-order valence-corrected chi connectivity index (χ2v) is 8.19. The molecule has 0 fully saturated rings. The van der Waals surface area contributed by atoms with Crippen molar-refractivity contribution < 1.29 is 13.2 Å². The zero-order chi connectivity index (χ0) is 21.6. The standard InChI is InChI=1S/C20H20N6O3S/c1-14-23-19(26-25-14)18(15-6-3-2-4-7-15)24-20(27)16-8-10-17(11-9-16)30(28,29)22-13-5-12-21/h2-4,6-11,18,22H,5,13H2,1H3,(H,24,27)(H,23,25,26). The average Bonchev–Trinajstić information content (AvgIpc) is 3.18. The molecule has 0 aliphatic heterocycles. The third-order valence-electron chi connectivity index (χ3n) is 4.24. The van der Waals surface area contributed by atoms with Gasteiger partial charge in [0.05, 0.1) is 11.0 Å². The van der Waals surface area contributed by atoms with Crippen molar-refractivity contribution in [2.24, 2.45) is 0 Å². The van der Waals surface area contributed by atoms with Crippen LogP contribution in [0.5, 0.6) is 0 Å². The Morgan fingerprint density at radius 3 is 2.47 bits per heavy atom. The van der Waals surface area contributed by atoms with Gasteiger partial charge in [0.25, 0.3) is 5.91 Å². The van der Waals surface area contributed by atoms with Crippen LogP contribution in [0.1, 0.15) is 40.0 Å². The highest BCUT2D eigenvalue weighted by molar-refractivity contribution is 7.89. The summed E-state index contributed by atoms with van der Waals surface area (Å²) < 4.78 is 26.7. The van der Waals surface area contributed by atoms with Crippen LogP contribution < -0.4 is 10.0 Å². The van der Waals surface area contributed by atoms with E-state index in [0.29, 0.717) is 17.2 Å². The molecule has 0 saturated heterocycles. The lowest BCUT2D eigenvalue weighted by molar-refractivity contribution is 0.0941. The van der Waals surface area contributed by atoms with Crippen molar-refractivity contribution in [2.45, 2.75) is 24.3 Å². The highest BCUT2D eigenvalue weighted by atomic mass is 32.2. The van der Waals surface area contributed by atoms with E-state index in [9.17, 15) is 13.2 Å². The highest BCUT2D eigenvalue weighted by Crippen LogP contribution is 2.20. The van der Waals surface area contributed by atoms with Gasteiger partial charge in [0.2, 0.25) is 10.0 Å². The van der Waals surface area contributed by atoms with Crippen LogP contribution in [0.4, 0.5) is 0 Å². The van der Waals surface area contributed by atoms with Crippen LogP contribution in [0.15, 0.2) is 59.5 Å². The van der Waals surface area contributed by atoms with E-state index in [1.54, 1.807) is 6.92 Å². The van der Waals surface area contributed by atoms with Gasteiger partial charge in [-0.25, -0.2) is 18.1 Å². The number of rotatable bonds is 8. The second kappa shape index (κ2) is 9.30.